The number of carbonyl (C=O) groups excluding carboxylic acids is 1. The summed E-state index contributed by atoms with van der Waals surface area (Å²) in [5, 5.41) is 11.6. The van der Waals surface area contributed by atoms with E-state index in [-0.39, 0.29) is 12.3 Å². The van der Waals surface area contributed by atoms with Gasteiger partial charge in [0.1, 0.15) is 15.6 Å². The van der Waals surface area contributed by atoms with Crippen molar-refractivity contribution >= 4 is 23.0 Å². The molecule has 0 radical (unpaired) electrons. The number of nitro groups is 1. The average molecular weight is 358 g/mol. The first-order valence-corrected chi connectivity index (χ1v) is 8.30. The molecule has 128 valence electrons. The van der Waals surface area contributed by atoms with Gasteiger partial charge in [-0.2, -0.15) is 0 Å². The largest absolute Gasteiger partial charge is 0.464 e. The second-order valence-corrected chi connectivity index (χ2v) is 6.12. The van der Waals surface area contributed by atoms with E-state index in [0.717, 1.165) is 11.3 Å². The molecule has 0 N–H and O–H groups in total. The molecule has 7 nitrogen and oxygen atoms in total. The summed E-state index contributed by atoms with van der Waals surface area (Å²) in [6.07, 6.45) is 1.53. The second-order valence-electron chi connectivity index (χ2n) is 5.12. The molecule has 0 aliphatic carbocycles. The molecule has 0 aliphatic rings. The van der Waals surface area contributed by atoms with Gasteiger partial charge in [0.2, 0.25) is 0 Å². The lowest BCUT2D eigenvalue weighted by Gasteiger charge is -2.04. The monoisotopic (exact) mass is 358 g/mol. The Morgan fingerprint density at radius 3 is 2.80 bits per heavy atom. The minimum Gasteiger partial charge on any atom is -0.464 e. The van der Waals surface area contributed by atoms with Crippen LogP contribution in [0.4, 0.5) is 5.69 Å². The van der Waals surface area contributed by atoms with Crippen molar-refractivity contribution in [2.75, 3.05) is 6.61 Å². The van der Waals surface area contributed by atoms with E-state index >= 15 is 0 Å². The number of non-ortho nitro benzene ring substituents is 1. The van der Waals surface area contributed by atoms with Gasteiger partial charge in [0, 0.05) is 23.3 Å². The Morgan fingerprint density at radius 1 is 1.36 bits per heavy atom. The summed E-state index contributed by atoms with van der Waals surface area (Å²) in [6, 6.07) is 7.96. The topological polar surface area (TPSA) is 95.5 Å². The third-order valence-electron chi connectivity index (χ3n) is 3.49. The van der Waals surface area contributed by atoms with Gasteiger partial charge in [-0.1, -0.05) is 0 Å². The van der Waals surface area contributed by atoms with Crippen molar-refractivity contribution in [3.05, 3.63) is 57.3 Å². The molecule has 0 amide bonds. The summed E-state index contributed by atoms with van der Waals surface area (Å²) in [5.41, 5.74) is 1.67. The number of nitrogens with zero attached hydrogens (tertiary/aromatic N) is 2. The zero-order valence-corrected chi connectivity index (χ0v) is 14.3. The Balaban J connectivity index is 2.15. The van der Waals surface area contributed by atoms with Crippen LogP contribution in [0, 0.1) is 17.0 Å². The van der Waals surface area contributed by atoms with Crippen LogP contribution in [0.2, 0.25) is 0 Å². The molecule has 0 aliphatic heterocycles. The van der Waals surface area contributed by atoms with Crippen LogP contribution in [0.5, 0.6) is 0 Å². The summed E-state index contributed by atoms with van der Waals surface area (Å²) in [7, 11) is 0. The third kappa shape index (κ3) is 3.29. The van der Waals surface area contributed by atoms with E-state index in [2.05, 4.69) is 4.98 Å². The summed E-state index contributed by atoms with van der Waals surface area (Å²) in [5.74, 6) is 0.115. The van der Waals surface area contributed by atoms with Gasteiger partial charge < -0.3 is 9.15 Å². The number of furan rings is 1. The molecule has 0 unspecified atom stereocenters. The van der Waals surface area contributed by atoms with E-state index in [0.29, 0.717) is 32.5 Å². The molecular weight excluding hydrogens is 344 g/mol. The van der Waals surface area contributed by atoms with Crippen molar-refractivity contribution in [2.24, 2.45) is 0 Å². The predicted octanol–water partition coefficient (Wildman–Crippen LogP) is 4.46. The lowest BCUT2D eigenvalue weighted by atomic mass is 10.0. The van der Waals surface area contributed by atoms with Crippen molar-refractivity contribution in [1.82, 2.24) is 4.98 Å². The second kappa shape index (κ2) is 6.86. The minimum atomic E-state index is -0.470. The van der Waals surface area contributed by atoms with Crippen LogP contribution in [0.1, 0.15) is 22.3 Å². The minimum absolute atomic E-state index is 0.0594. The first-order chi connectivity index (χ1) is 12.0. The van der Waals surface area contributed by atoms with Crippen molar-refractivity contribution in [3.8, 4) is 21.9 Å². The zero-order valence-electron chi connectivity index (χ0n) is 13.5. The van der Waals surface area contributed by atoms with E-state index in [1.165, 1.54) is 18.4 Å². The van der Waals surface area contributed by atoms with E-state index in [1.807, 2.05) is 0 Å². The van der Waals surface area contributed by atoms with E-state index in [9.17, 15) is 14.9 Å². The third-order valence-corrected chi connectivity index (χ3v) is 4.66. The number of hydrogen-bond acceptors (Lipinski definition) is 7. The smallest absolute Gasteiger partial charge is 0.350 e. The molecule has 0 fully saturated rings. The number of carbonyl (C=O) groups is 1. The number of aromatic nitrogens is 1. The molecule has 0 saturated carbocycles. The highest BCUT2D eigenvalue weighted by Crippen LogP contribution is 2.38. The van der Waals surface area contributed by atoms with Gasteiger partial charge in [-0.25, -0.2) is 9.78 Å². The first-order valence-electron chi connectivity index (χ1n) is 7.48. The number of rotatable bonds is 5. The number of thiazole rings is 1. The van der Waals surface area contributed by atoms with Gasteiger partial charge in [0.05, 0.1) is 23.5 Å². The lowest BCUT2D eigenvalue weighted by Crippen LogP contribution is -2.03. The van der Waals surface area contributed by atoms with E-state index in [4.69, 9.17) is 9.15 Å². The number of aryl methyl sites for hydroxylation is 1. The summed E-state index contributed by atoms with van der Waals surface area (Å²) < 4.78 is 10.4. The van der Waals surface area contributed by atoms with Crippen molar-refractivity contribution in [3.63, 3.8) is 0 Å². The number of nitro benzene ring substituents is 1. The highest BCUT2D eigenvalue weighted by atomic mass is 32.1. The Bertz CT molecular complexity index is 931. The molecule has 3 aromatic rings. The molecule has 2 heterocycles. The Hall–Kier alpha value is -3.00. The maximum Gasteiger partial charge on any atom is 0.350 e. The van der Waals surface area contributed by atoms with Crippen LogP contribution in [0.3, 0.4) is 0 Å². The maximum absolute atomic E-state index is 12.0. The summed E-state index contributed by atoms with van der Waals surface area (Å²) in [4.78, 5) is 27.5. The van der Waals surface area contributed by atoms with Gasteiger partial charge >= 0.3 is 5.97 Å². The van der Waals surface area contributed by atoms with Crippen LogP contribution in [0.25, 0.3) is 21.9 Å². The van der Waals surface area contributed by atoms with Crippen LogP contribution >= 0.6 is 11.3 Å². The standard InChI is InChI=1S/C17H14N2O5S/c1-3-23-17(20)15-10(2)18-16(25-15)13-9-11(19(21)22)6-7-12(13)14-5-4-8-24-14/h4-9H,3H2,1-2H3. The van der Waals surface area contributed by atoms with Gasteiger partial charge in [0.15, 0.2) is 0 Å². The Labute approximate surface area is 147 Å². The van der Waals surface area contributed by atoms with Crippen molar-refractivity contribution in [1.29, 1.82) is 0 Å². The molecule has 8 heteroatoms. The fourth-order valence-corrected chi connectivity index (χ4v) is 3.36. The number of hydrogen-bond donors (Lipinski definition) is 0. The fraction of sp³-hybridized carbons (Fsp3) is 0.176. The van der Waals surface area contributed by atoms with Crippen LogP contribution in [-0.4, -0.2) is 22.5 Å². The number of ether oxygens (including phenoxy) is 1. The zero-order chi connectivity index (χ0) is 18.0. The maximum atomic E-state index is 12.0. The van der Waals surface area contributed by atoms with Crippen LogP contribution in [0.15, 0.2) is 41.0 Å². The Morgan fingerprint density at radius 2 is 2.16 bits per heavy atom. The van der Waals surface area contributed by atoms with Gasteiger partial charge in [0.25, 0.3) is 5.69 Å². The Kier molecular flexibility index (Phi) is 4.62. The van der Waals surface area contributed by atoms with Crippen LogP contribution < -0.4 is 0 Å². The highest BCUT2D eigenvalue weighted by molar-refractivity contribution is 7.17. The summed E-state index contributed by atoms with van der Waals surface area (Å²) >= 11 is 1.14. The normalized spacial score (nSPS) is 10.6. The number of esters is 1. The fourth-order valence-electron chi connectivity index (χ4n) is 2.37. The highest BCUT2D eigenvalue weighted by Gasteiger charge is 2.22. The predicted molar refractivity (Wildman–Crippen MR) is 92.6 cm³/mol. The van der Waals surface area contributed by atoms with E-state index in [1.54, 1.807) is 32.0 Å². The summed E-state index contributed by atoms with van der Waals surface area (Å²) in [6.45, 7) is 3.70. The van der Waals surface area contributed by atoms with Gasteiger partial charge in [-0.3, -0.25) is 10.1 Å². The lowest BCUT2D eigenvalue weighted by molar-refractivity contribution is -0.384. The molecule has 0 bridgehead atoms. The van der Waals surface area contributed by atoms with E-state index < -0.39 is 10.9 Å². The molecule has 25 heavy (non-hydrogen) atoms. The molecule has 0 saturated heterocycles. The molecule has 1 aromatic carbocycles. The van der Waals surface area contributed by atoms with Crippen LogP contribution in [-0.2, 0) is 4.74 Å². The van der Waals surface area contributed by atoms with Gasteiger partial charge in [-0.05, 0) is 32.0 Å². The molecule has 0 spiro atoms. The molecular formula is C17H14N2O5S. The quantitative estimate of drug-likeness (QED) is 0.379. The van der Waals surface area contributed by atoms with Crippen molar-refractivity contribution < 1.29 is 18.9 Å². The number of benzene rings is 1. The molecule has 2 aromatic heterocycles. The molecule has 3 rings (SSSR count). The van der Waals surface area contributed by atoms with Crippen molar-refractivity contribution in [2.45, 2.75) is 13.8 Å². The SMILES string of the molecule is CCOC(=O)c1sc(-c2cc([N+](=O)[O-])ccc2-c2ccco2)nc1C. The average Bonchev–Trinajstić information content (AvgIpc) is 3.24. The first kappa shape index (κ1) is 16.8. The van der Waals surface area contributed by atoms with Gasteiger partial charge in [-0.15, -0.1) is 11.3 Å². The molecule has 0 atom stereocenters.